The Morgan fingerprint density at radius 2 is 2.08 bits per heavy atom. The largest absolute Gasteiger partial charge is 0.353 e. The Labute approximate surface area is 138 Å². The first-order valence-electron chi connectivity index (χ1n) is 7.72. The number of nitrogens with zero attached hydrogens (tertiary/aromatic N) is 3. The fraction of sp³-hybridized carbons (Fsp3) is 0.375. The van der Waals surface area contributed by atoms with Gasteiger partial charge in [-0.1, -0.05) is 12.1 Å². The van der Waals surface area contributed by atoms with Crippen LogP contribution in [0.4, 0.5) is 4.39 Å². The molecule has 1 unspecified atom stereocenters. The number of halogens is 1. The van der Waals surface area contributed by atoms with Gasteiger partial charge in [-0.25, -0.2) is 9.37 Å². The van der Waals surface area contributed by atoms with E-state index < -0.39 is 0 Å². The molecular weight excluding hydrogens is 313 g/mol. The van der Waals surface area contributed by atoms with E-state index in [1.54, 1.807) is 17.0 Å². The topological polar surface area (TPSA) is 91.0 Å². The van der Waals surface area contributed by atoms with Crippen molar-refractivity contribution in [1.29, 1.82) is 0 Å². The molecular formula is C16H18FN5O2. The second-order valence-corrected chi connectivity index (χ2v) is 5.98. The van der Waals surface area contributed by atoms with E-state index in [9.17, 15) is 14.0 Å². The Kier molecular flexibility index (Phi) is 4.54. The van der Waals surface area contributed by atoms with Crippen LogP contribution in [0.1, 0.15) is 23.1 Å². The highest BCUT2D eigenvalue weighted by atomic mass is 19.1. The highest BCUT2D eigenvalue weighted by Crippen LogP contribution is 2.18. The maximum atomic E-state index is 12.9. The molecule has 24 heavy (non-hydrogen) atoms. The number of H-pyrrole nitrogens is 1. The molecule has 1 atom stereocenters. The van der Waals surface area contributed by atoms with E-state index in [1.165, 1.54) is 18.5 Å². The number of amides is 2. The van der Waals surface area contributed by atoms with E-state index >= 15 is 0 Å². The van der Waals surface area contributed by atoms with E-state index in [2.05, 4.69) is 20.5 Å². The molecule has 2 N–H and O–H groups in total. The van der Waals surface area contributed by atoms with Crippen molar-refractivity contribution in [1.82, 2.24) is 25.4 Å². The van der Waals surface area contributed by atoms with Gasteiger partial charge in [0, 0.05) is 19.1 Å². The molecule has 1 aliphatic rings. The second kappa shape index (κ2) is 6.77. The molecule has 1 aromatic carbocycles. The molecule has 2 heterocycles. The monoisotopic (exact) mass is 331 g/mol. The van der Waals surface area contributed by atoms with Crippen molar-refractivity contribution in [3.05, 3.63) is 47.8 Å². The Bertz CT molecular complexity index is 711. The van der Waals surface area contributed by atoms with Gasteiger partial charge in [-0.15, -0.1) is 0 Å². The van der Waals surface area contributed by atoms with Gasteiger partial charge in [-0.3, -0.25) is 14.7 Å². The van der Waals surface area contributed by atoms with Gasteiger partial charge in [-0.05, 0) is 31.0 Å². The van der Waals surface area contributed by atoms with Crippen molar-refractivity contribution >= 4 is 11.8 Å². The van der Waals surface area contributed by atoms with Crippen LogP contribution in [0.2, 0.25) is 0 Å². The van der Waals surface area contributed by atoms with Crippen LogP contribution in [0.3, 0.4) is 0 Å². The van der Waals surface area contributed by atoms with Crippen LogP contribution in [0.15, 0.2) is 30.6 Å². The first-order valence-corrected chi connectivity index (χ1v) is 7.72. The van der Waals surface area contributed by atoms with E-state index in [1.807, 2.05) is 6.92 Å². The van der Waals surface area contributed by atoms with Crippen molar-refractivity contribution in [2.24, 2.45) is 5.92 Å². The van der Waals surface area contributed by atoms with E-state index in [0.717, 1.165) is 5.56 Å². The van der Waals surface area contributed by atoms with Crippen LogP contribution < -0.4 is 5.32 Å². The van der Waals surface area contributed by atoms with E-state index in [0.29, 0.717) is 19.5 Å². The van der Waals surface area contributed by atoms with Crippen LogP contribution >= 0.6 is 0 Å². The average molecular weight is 331 g/mol. The molecule has 1 saturated heterocycles. The van der Waals surface area contributed by atoms with Gasteiger partial charge in [0.05, 0.1) is 5.92 Å². The van der Waals surface area contributed by atoms with Gasteiger partial charge in [0.25, 0.3) is 5.91 Å². The lowest BCUT2D eigenvalue weighted by Crippen LogP contribution is -2.57. The third-order valence-corrected chi connectivity index (χ3v) is 4.00. The summed E-state index contributed by atoms with van der Waals surface area (Å²) >= 11 is 0. The number of aromatic nitrogens is 3. The normalized spacial score (nSPS) is 15.7. The third-order valence-electron chi connectivity index (χ3n) is 4.00. The summed E-state index contributed by atoms with van der Waals surface area (Å²) in [7, 11) is 0. The summed E-state index contributed by atoms with van der Waals surface area (Å²) < 4.78 is 12.9. The molecule has 7 nitrogen and oxygen atoms in total. The molecule has 0 saturated carbocycles. The number of nitrogens with one attached hydrogen (secondary N) is 2. The molecule has 1 fully saturated rings. The standard InChI is InChI=1S/C16H18FN5O2/c1-10(6-11-2-4-13(17)5-3-11)20-15(23)12-7-22(8-12)16(24)14-18-9-19-21-14/h2-5,9-10,12H,6-8H2,1H3,(H,20,23)(H,18,19,21). The van der Waals surface area contributed by atoms with Crippen LogP contribution in [0.25, 0.3) is 0 Å². The van der Waals surface area contributed by atoms with Crippen molar-refractivity contribution in [3.63, 3.8) is 0 Å². The summed E-state index contributed by atoms with van der Waals surface area (Å²) in [5, 5.41) is 9.08. The summed E-state index contributed by atoms with van der Waals surface area (Å²) in [6, 6.07) is 6.16. The molecule has 2 aromatic rings. The van der Waals surface area contributed by atoms with Crippen molar-refractivity contribution in [3.8, 4) is 0 Å². The first-order chi connectivity index (χ1) is 11.5. The van der Waals surface area contributed by atoms with Crippen molar-refractivity contribution in [2.45, 2.75) is 19.4 Å². The molecule has 8 heteroatoms. The zero-order chi connectivity index (χ0) is 17.1. The summed E-state index contributed by atoms with van der Waals surface area (Å²) in [6.07, 6.45) is 1.90. The van der Waals surface area contributed by atoms with Crippen LogP contribution in [0.5, 0.6) is 0 Å². The maximum Gasteiger partial charge on any atom is 0.291 e. The number of hydrogen-bond donors (Lipinski definition) is 2. The van der Waals surface area contributed by atoms with E-state index in [-0.39, 0.29) is 35.4 Å². The predicted octanol–water partition coefficient (Wildman–Crippen LogP) is 0.763. The highest BCUT2D eigenvalue weighted by molar-refractivity contribution is 5.92. The second-order valence-electron chi connectivity index (χ2n) is 5.98. The summed E-state index contributed by atoms with van der Waals surface area (Å²) in [6.45, 7) is 2.64. The number of rotatable bonds is 5. The van der Waals surface area contributed by atoms with Gasteiger partial charge < -0.3 is 10.2 Å². The number of hydrogen-bond acceptors (Lipinski definition) is 4. The average Bonchev–Trinajstić information content (AvgIpc) is 3.02. The molecule has 3 rings (SSSR count). The predicted molar refractivity (Wildman–Crippen MR) is 83.5 cm³/mol. The van der Waals surface area contributed by atoms with Crippen LogP contribution in [-0.4, -0.2) is 51.0 Å². The number of aromatic amines is 1. The SMILES string of the molecule is CC(Cc1ccc(F)cc1)NC(=O)C1CN(C(=O)c2ncn[nH]2)C1. The van der Waals surface area contributed by atoms with Gasteiger partial charge in [0.2, 0.25) is 11.7 Å². The number of likely N-dealkylation sites (tertiary alicyclic amines) is 1. The summed E-state index contributed by atoms with van der Waals surface area (Å²) in [5.41, 5.74) is 0.958. The smallest absolute Gasteiger partial charge is 0.291 e. The lowest BCUT2D eigenvalue weighted by atomic mass is 9.98. The lowest BCUT2D eigenvalue weighted by Gasteiger charge is -2.38. The fourth-order valence-electron chi connectivity index (χ4n) is 2.65. The fourth-order valence-corrected chi connectivity index (χ4v) is 2.65. The van der Waals surface area contributed by atoms with Gasteiger partial charge in [-0.2, -0.15) is 5.10 Å². The molecule has 2 amide bonds. The molecule has 0 spiro atoms. The highest BCUT2D eigenvalue weighted by Gasteiger charge is 2.37. The zero-order valence-corrected chi connectivity index (χ0v) is 13.2. The number of carbonyl (C=O) groups excluding carboxylic acids is 2. The minimum atomic E-state index is -0.276. The maximum absolute atomic E-state index is 12.9. The number of benzene rings is 1. The Morgan fingerprint density at radius 1 is 1.38 bits per heavy atom. The van der Waals surface area contributed by atoms with Crippen molar-refractivity contribution in [2.75, 3.05) is 13.1 Å². The Balaban J connectivity index is 1.44. The minimum Gasteiger partial charge on any atom is -0.353 e. The first kappa shape index (κ1) is 16.1. The van der Waals surface area contributed by atoms with Crippen LogP contribution in [-0.2, 0) is 11.2 Å². The van der Waals surface area contributed by atoms with Gasteiger partial charge >= 0.3 is 0 Å². The molecule has 126 valence electrons. The number of carbonyl (C=O) groups is 2. The molecule has 0 bridgehead atoms. The summed E-state index contributed by atoms with van der Waals surface area (Å²) in [4.78, 5) is 29.5. The summed E-state index contributed by atoms with van der Waals surface area (Å²) in [5.74, 6) is -0.644. The zero-order valence-electron chi connectivity index (χ0n) is 13.2. The van der Waals surface area contributed by atoms with Crippen LogP contribution in [0, 0.1) is 11.7 Å². The molecule has 1 aliphatic heterocycles. The Morgan fingerprint density at radius 3 is 2.71 bits per heavy atom. The quantitative estimate of drug-likeness (QED) is 0.846. The molecule has 0 aliphatic carbocycles. The van der Waals surface area contributed by atoms with Gasteiger partial charge in [0.1, 0.15) is 12.1 Å². The van der Waals surface area contributed by atoms with Crippen molar-refractivity contribution < 1.29 is 14.0 Å². The van der Waals surface area contributed by atoms with E-state index in [4.69, 9.17) is 0 Å². The third kappa shape index (κ3) is 3.58. The lowest BCUT2D eigenvalue weighted by molar-refractivity contribution is -0.129. The van der Waals surface area contributed by atoms with Gasteiger partial charge in [0.15, 0.2) is 0 Å². The molecule has 0 radical (unpaired) electrons. The molecule has 1 aromatic heterocycles. The minimum absolute atomic E-state index is 0.0676. The Hall–Kier alpha value is -2.77.